The Morgan fingerprint density at radius 2 is 0.475 bits per heavy atom. The standard InChI is InChI=1S/2C31H44P2.2C5H10.Au.ClH.2Fe/c2*1-25(32(26-15-6-2-7-16-26)27-17-8-3-9-18-27)30-23-14-24-31(30)33(28-19-10-4-11-20-28)29-21-12-5-13-22-29;2*1-2-4-5-3-1;;;;/h2*4-5,10-13,19-22,25-27,30-31H,2-3,6-9,14-18,23-24H2,1H3;2*1-5H2;;1H;;/p+3/t2*25-,30?,31?;;;;;;/m10....../s1. The molecule has 8 saturated carbocycles. The average Bonchev–Trinajstić information content (AvgIpc) is 4.42. The molecule has 451 valence electrons. The number of hydrogen-bond donors (Lipinski definition) is 0. The largest absolute Gasteiger partial charge is 1.00 e. The normalized spacial score (nSPS) is 24.6. The Bertz CT molecular complexity index is 1840. The molecule has 80 heavy (non-hydrogen) atoms. The first-order valence-electron chi connectivity index (χ1n) is 33.3. The van der Waals surface area contributed by atoms with Gasteiger partial charge in [0.25, 0.3) is 0 Å². The van der Waals surface area contributed by atoms with Gasteiger partial charge in [0.15, 0.2) is 0 Å². The Labute approximate surface area is 540 Å². The summed E-state index contributed by atoms with van der Waals surface area (Å²) in [5, 5.41) is 6.62. The average molecular weight is 1450 g/mol. The van der Waals surface area contributed by atoms with Crippen molar-refractivity contribution in [3.63, 3.8) is 0 Å². The van der Waals surface area contributed by atoms with Crippen molar-refractivity contribution in [1.82, 2.24) is 0 Å². The van der Waals surface area contributed by atoms with Crippen molar-refractivity contribution in [2.24, 2.45) is 11.8 Å². The monoisotopic (exact) mass is 1440 g/mol. The molecule has 4 aromatic carbocycles. The van der Waals surface area contributed by atoms with Gasteiger partial charge in [-0.25, -0.2) is 0 Å². The number of hydrogen-bond acceptors (Lipinski definition) is 0. The van der Waals surface area contributed by atoms with Gasteiger partial charge in [-0.1, -0.05) is 163 Å². The molecule has 4 unspecified atom stereocenters. The molecule has 8 aliphatic rings. The predicted molar refractivity (Wildman–Crippen MR) is 352 cm³/mol. The van der Waals surface area contributed by atoms with Gasteiger partial charge in [0.2, 0.25) is 0 Å². The molecule has 1 radical (unpaired) electrons. The summed E-state index contributed by atoms with van der Waals surface area (Å²) in [6.45, 7) is 5.55. The second-order valence-electron chi connectivity index (χ2n) is 26.1. The molecule has 0 saturated heterocycles. The van der Waals surface area contributed by atoms with Crippen molar-refractivity contribution in [3.05, 3.63) is 121 Å². The minimum Gasteiger partial charge on any atom is -1.00 e. The zero-order valence-electron chi connectivity index (χ0n) is 50.2. The summed E-state index contributed by atoms with van der Waals surface area (Å²) in [7, 11) is -2.13. The van der Waals surface area contributed by atoms with Crippen LogP contribution in [0.3, 0.4) is 0 Å². The Balaban J connectivity index is 0.000000239. The van der Waals surface area contributed by atoms with Crippen molar-refractivity contribution in [2.75, 3.05) is 0 Å². The van der Waals surface area contributed by atoms with E-state index in [2.05, 4.69) is 135 Å². The Morgan fingerprint density at radius 3 is 0.688 bits per heavy atom. The molecular formula is C72H112AuClFe2P4+3. The summed E-state index contributed by atoms with van der Waals surface area (Å²) in [6, 6.07) is 46.7. The van der Waals surface area contributed by atoms with Gasteiger partial charge in [0.1, 0.15) is 0 Å². The maximum Gasteiger partial charge on any atom is 0.0970 e. The Hall–Kier alpha value is 0.669. The molecular weight excluding hydrogens is 1330 g/mol. The van der Waals surface area contributed by atoms with E-state index in [9.17, 15) is 0 Å². The van der Waals surface area contributed by atoms with E-state index in [1.807, 2.05) is 0 Å². The maximum absolute atomic E-state index is 2.77. The molecule has 0 bridgehead atoms. The van der Waals surface area contributed by atoms with E-state index in [4.69, 9.17) is 0 Å². The second-order valence-corrected chi connectivity index (χ2v) is 38.7. The van der Waals surface area contributed by atoms with Crippen LogP contribution in [0.1, 0.15) is 245 Å². The van der Waals surface area contributed by atoms with Crippen LogP contribution in [-0.4, -0.2) is 45.3 Å². The molecule has 8 fully saturated rings. The van der Waals surface area contributed by atoms with E-state index >= 15 is 0 Å². The molecule has 8 heteroatoms. The van der Waals surface area contributed by atoms with Crippen LogP contribution < -0.4 is 33.6 Å². The van der Waals surface area contributed by atoms with Gasteiger partial charge in [0.05, 0.1) is 82.3 Å². The first-order chi connectivity index (χ1) is 37.7. The molecule has 8 aliphatic carbocycles. The van der Waals surface area contributed by atoms with Gasteiger partial charge in [-0.3, -0.25) is 0 Å². The van der Waals surface area contributed by atoms with E-state index in [1.165, 1.54) is 180 Å². The SMILES string of the molecule is C1CCCC1.C1CCCC1.C[C@@H](C1CCCC1[PH+](c1ccccc1)c1ccccc1)[PH+](C1CCCCC1)C1CCCCC1.C[C@H](C1CCCC1[PH+](c1ccccc1)c1ccccc1)[PH+](C1CCCCC1)C1CCCCC1.[Au].[Cl-].[Fe].[Fe]. The van der Waals surface area contributed by atoms with Gasteiger partial charge in [-0.15, -0.1) is 0 Å². The number of benzene rings is 4. The third-order valence-electron chi connectivity index (χ3n) is 21.4. The van der Waals surface area contributed by atoms with Crippen LogP contribution >= 0.6 is 31.7 Å². The van der Waals surface area contributed by atoms with Crippen molar-refractivity contribution in [1.29, 1.82) is 0 Å². The van der Waals surface area contributed by atoms with Gasteiger partial charge >= 0.3 is 0 Å². The van der Waals surface area contributed by atoms with Crippen molar-refractivity contribution in [2.45, 2.75) is 290 Å². The summed E-state index contributed by atoms with van der Waals surface area (Å²) in [4.78, 5) is 0. The predicted octanol–water partition coefficient (Wildman–Crippen LogP) is 17.5. The van der Waals surface area contributed by atoms with Gasteiger partial charge < -0.3 is 12.4 Å². The van der Waals surface area contributed by atoms with E-state index in [0.717, 1.165) is 57.1 Å². The smallest absolute Gasteiger partial charge is 0.0970 e. The third-order valence-corrected chi connectivity index (χ3v) is 37.1. The molecule has 0 heterocycles. The van der Waals surface area contributed by atoms with Crippen molar-refractivity contribution in [3.8, 4) is 0 Å². The first-order valence-corrected chi connectivity index (χ1v) is 40.0. The quantitative estimate of drug-likeness (QED) is 0.0872. The fourth-order valence-electron chi connectivity index (χ4n) is 17.7. The molecule has 0 N–H and O–H groups in total. The summed E-state index contributed by atoms with van der Waals surface area (Å²) >= 11 is 0. The Kier molecular flexibility index (Phi) is 35.9. The number of rotatable bonds is 14. The number of halogens is 1. The third kappa shape index (κ3) is 20.9. The van der Waals surface area contributed by atoms with Crippen LogP contribution in [0.15, 0.2) is 121 Å². The summed E-state index contributed by atoms with van der Waals surface area (Å²) in [6.07, 6.45) is 54.7. The zero-order chi connectivity index (χ0) is 52.0. The minimum absolute atomic E-state index is 0. The van der Waals surface area contributed by atoms with E-state index in [-0.39, 0.29) is 84.8 Å². The fourth-order valence-corrected chi connectivity index (χ4v) is 35.8. The van der Waals surface area contributed by atoms with E-state index in [1.54, 1.807) is 72.6 Å². The molecule has 6 atom stereocenters. The van der Waals surface area contributed by atoms with Crippen LogP contribution in [0.4, 0.5) is 0 Å². The molecule has 0 aromatic heterocycles. The van der Waals surface area contributed by atoms with Crippen LogP contribution in [0.5, 0.6) is 0 Å². The molecule has 12 rings (SSSR count). The zero-order valence-corrected chi connectivity index (χ0v) is 59.3. The molecule has 0 spiro atoms. The minimum atomic E-state index is -0.747. The van der Waals surface area contributed by atoms with E-state index in [0.29, 0.717) is 0 Å². The van der Waals surface area contributed by atoms with Crippen molar-refractivity contribution >= 4 is 52.9 Å². The molecule has 0 amide bonds. The maximum atomic E-state index is 2.77. The van der Waals surface area contributed by atoms with Crippen LogP contribution in [0, 0.1) is 11.8 Å². The summed E-state index contributed by atoms with van der Waals surface area (Å²) in [5.74, 6) is 1.94. The second kappa shape index (κ2) is 40.3. The van der Waals surface area contributed by atoms with E-state index < -0.39 is 15.8 Å². The summed E-state index contributed by atoms with van der Waals surface area (Å²) in [5.41, 5.74) is 8.31. The molecule has 0 nitrogen and oxygen atoms in total. The van der Waals surface area contributed by atoms with Gasteiger partial charge in [-0.2, -0.15) is 0 Å². The topological polar surface area (TPSA) is 0 Å². The summed E-state index contributed by atoms with van der Waals surface area (Å²) < 4.78 is 0. The fraction of sp³-hybridized carbons (Fsp3) is 0.667. The van der Waals surface area contributed by atoms with Crippen LogP contribution in [-0.2, 0) is 56.5 Å². The van der Waals surface area contributed by atoms with Crippen LogP contribution in [0.25, 0.3) is 0 Å². The first kappa shape index (κ1) is 71.4. The van der Waals surface area contributed by atoms with Crippen LogP contribution in [0.2, 0.25) is 0 Å². The van der Waals surface area contributed by atoms with Crippen molar-refractivity contribution < 1.29 is 68.9 Å². The van der Waals surface area contributed by atoms with Gasteiger partial charge in [0, 0.05) is 84.2 Å². The molecule has 4 aromatic rings. The molecule has 0 aliphatic heterocycles. The Morgan fingerprint density at radius 1 is 0.275 bits per heavy atom. The van der Waals surface area contributed by atoms with Gasteiger partial charge in [-0.05, 0) is 204 Å².